The molecule has 0 fully saturated rings. The normalized spacial score (nSPS) is 12.5. The van der Waals surface area contributed by atoms with Crippen molar-refractivity contribution in [3.8, 4) is 0 Å². The van der Waals surface area contributed by atoms with E-state index in [-0.39, 0.29) is 0 Å². The third kappa shape index (κ3) is 2.74. The Bertz CT molecular complexity index is 225. The number of pyridine rings is 1. The maximum atomic E-state index is 9.11. The minimum atomic E-state index is -0.556. The summed E-state index contributed by atoms with van der Waals surface area (Å²) in [5.41, 5.74) is 0.862. The first-order valence-electron chi connectivity index (χ1n) is 3.36. The van der Waals surface area contributed by atoms with Gasteiger partial charge in [0.1, 0.15) is 0 Å². The van der Waals surface area contributed by atoms with Crippen molar-refractivity contribution in [2.75, 3.05) is 0 Å². The molecular formula is C8H9NOS. The first kappa shape index (κ1) is 8.30. The van der Waals surface area contributed by atoms with E-state index in [1.807, 2.05) is 18.2 Å². The molecule has 0 aliphatic carbocycles. The van der Waals surface area contributed by atoms with Crippen molar-refractivity contribution in [2.24, 2.45) is 0 Å². The van der Waals surface area contributed by atoms with Crippen LogP contribution in [0.2, 0.25) is 0 Å². The Hall–Kier alpha value is -0.800. The van der Waals surface area contributed by atoms with Crippen LogP contribution in [0.3, 0.4) is 0 Å². The van der Waals surface area contributed by atoms with Gasteiger partial charge in [-0.1, -0.05) is 18.3 Å². The summed E-state index contributed by atoms with van der Waals surface area (Å²) in [5.74, 6) is 0. The van der Waals surface area contributed by atoms with E-state index in [4.69, 9.17) is 5.11 Å². The Morgan fingerprint density at radius 1 is 1.64 bits per heavy atom. The summed E-state index contributed by atoms with van der Waals surface area (Å²) in [6, 6.07) is 5.59. The van der Waals surface area contributed by atoms with Crippen molar-refractivity contribution in [3.05, 3.63) is 30.1 Å². The summed E-state index contributed by atoms with van der Waals surface area (Å²) >= 11 is 4.57. The van der Waals surface area contributed by atoms with Crippen LogP contribution in [0.25, 0.3) is 0 Å². The van der Waals surface area contributed by atoms with Gasteiger partial charge in [-0.15, -0.1) is 0 Å². The molecule has 0 aromatic carbocycles. The lowest BCUT2D eigenvalue weighted by Gasteiger charge is -2.01. The highest BCUT2D eigenvalue weighted by Gasteiger charge is 2.00. The minimum Gasteiger partial charge on any atom is -0.388 e. The van der Waals surface area contributed by atoms with Gasteiger partial charge in [0, 0.05) is 23.7 Å². The van der Waals surface area contributed by atoms with Crippen LogP contribution in [0, 0.1) is 0 Å². The van der Waals surface area contributed by atoms with E-state index in [0.29, 0.717) is 6.42 Å². The summed E-state index contributed by atoms with van der Waals surface area (Å²) in [7, 11) is 0. The molecule has 2 nitrogen and oxygen atoms in total. The van der Waals surface area contributed by atoms with Crippen LogP contribution in [0.5, 0.6) is 0 Å². The maximum absolute atomic E-state index is 9.11. The molecule has 58 valence electrons. The molecule has 0 saturated carbocycles. The largest absolute Gasteiger partial charge is 0.388 e. The lowest BCUT2D eigenvalue weighted by atomic mass is 10.2. The number of thiocarbonyl (C=S) groups is 1. The van der Waals surface area contributed by atoms with Gasteiger partial charge >= 0.3 is 0 Å². The van der Waals surface area contributed by atoms with E-state index in [1.165, 1.54) is 5.37 Å². The molecule has 0 aliphatic heterocycles. The molecule has 1 aromatic heterocycles. The summed E-state index contributed by atoms with van der Waals surface area (Å²) in [5, 5.41) is 10.5. The van der Waals surface area contributed by atoms with Crippen molar-refractivity contribution in [2.45, 2.75) is 12.5 Å². The topological polar surface area (TPSA) is 33.1 Å². The molecule has 0 bridgehead atoms. The molecular weight excluding hydrogens is 158 g/mol. The second-order valence-corrected chi connectivity index (χ2v) is 2.50. The third-order valence-electron chi connectivity index (χ3n) is 1.30. The number of hydrogen-bond donors (Lipinski definition) is 1. The molecule has 0 radical (unpaired) electrons. The lowest BCUT2D eigenvalue weighted by Crippen LogP contribution is -2.11. The zero-order valence-corrected chi connectivity index (χ0v) is 6.79. The van der Waals surface area contributed by atoms with Crippen LogP contribution in [-0.4, -0.2) is 21.6 Å². The predicted octanol–water partition coefficient (Wildman–Crippen LogP) is 0.985. The summed E-state index contributed by atoms with van der Waals surface area (Å²) in [6.45, 7) is 0. The molecule has 0 aliphatic rings. The summed E-state index contributed by atoms with van der Waals surface area (Å²) in [4.78, 5) is 4.04. The minimum absolute atomic E-state index is 0.504. The Morgan fingerprint density at radius 3 is 3.00 bits per heavy atom. The zero-order chi connectivity index (χ0) is 8.10. The molecule has 1 unspecified atom stereocenters. The SMILES string of the molecule is OC(C=S)Cc1ccccn1. The molecule has 0 spiro atoms. The number of nitrogens with zero attached hydrogens (tertiary/aromatic N) is 1. The number of hydrogen-bond acceptors (Lipinski definition) is 3. The standard InChI is InChI=1S/C8H9NOS/c10-8(6-11)5-7-3-1-2-4-9-7/h1-4,6,8,10H,5H2. The van der Waals surface area contributed by atoms with Gasteiger partial charge in [-0.25, -0.2) is 0 Å². The highest BCUT2D eigenvalue weighted by Crippen LogP contribution is 1.97. The molecule has 3 heteroatoms. The Morgan fingerprint density at radius 2 is 2.45 bits per heavy atom. The average molecular weight is 167 g/mol. The molecule has 0 amide bonds. The van der Waals surface area contributed by atoms with Crippen molar-refractivity contribution >= 4 is 17.6 Å². The number of aliphatic hydroxyl groups excluding tert-OH is 1. The van der Waals surface area contributed by atoms with Crippen LogP contribution in [0.1, 0.15) is 5.69 Å². The van der Waals surface area contributed by atoms with E-state index in [1.54, 1.807) is 6.20 Å². The van der Waals surface area contributed by atoms with E-state index < -0.39 is 6.10 Å². The van der Waals surface area contributed by atoms with Crippen molar-refractivity contribution in [1.82, 2.24) is 4.98 Å². The fourth-order valence-corrected chi connectivity index (χ4v) is 0.877. The van der Waals surface area contributed by atoms with Crippen LogP contribution in [0.4, 0.5) is 0 Å². The molecule has 1 N–H and O–H groups in total. The molecule has 11 heavy (non-hydrogen) atoms. The Labute approximate surface area is 70.9 Å². The smallest absolute Gasteiger partial charge is 0.0877 e. The van der Waals surface area contributed by atoms with Crippen molar-refractivity contribution in [3.63, 3.8) is 0 Å². The number of aliphatic hydroxyl groups is 1. The molecule has 1 rings (SSSR count). The van der Waals surface area contributed by atoms with E-state index in [9.17, 15) is 0 Å². The van der Waals surface area contributed by atoms with Crippen molar-refractivity contribution < 1.29 is 5.11 Å². The van der Waals surface area contributed by atoms with E-state index in [0.717, 1.165) is 5.69 Å². The Kier molecular flexibility index (Phi) is 3.14. The fourth-order valence-electron chi connectivity index (χ4n) is 0.781. The third-order valence-corrected chi connectivity index (χ3v) is 1.62. The zero-order valence-electron chi connectivity index (χ0n) is 5.97. The highest BCUT2D eigenvalue weighted by atomic mass is 32.1. The van der Waals surface area contributed by atoms with Gasteiger partial charge in [0.25, 0.3) is 0 Å². The molecule has 0 saturated heterocycles. The first-order chi connectivity index (χ1) is 5.33. The van der Waals surface area contributed by atoms with Gasteiger partial charge in [0.05, 0.1) is 6.10 Å². The van der Waals surface area contributed by atoms with Crippen LogP contribution >= 0.6 is 12.2 Å². The highest BCUT2D eigenvalue weighted by molar-refractivity contribution is 7.79. The lowest BCUT2D eigenvalue weighted by molar-refractivity contribution is 0.248. The van der Waals surface area contributed by atoms with Crippen LogP contribution < -0.4 is 0 Å². The second kappa shape index (κ2) is 4.16. The summed E-state index contributed by atoms with van der Waals surface area (Å²) in [6.07, 6.45) is 1.65. The monoisotopic (exact) mass is 167 g/mol. The van der Waals surface area contributed by atoms with Gasteiger partial charge in [0.15, 0.2) is 0 Å². The van der Waals surface area contributed by atoms with Gasteiger partial charge in [-0.3, -0.25) is 4.98 Å². The number of aromatic nitrogens is 1. The van der Waals surface area contributed by atoms with Gasteiger partial charge < -0.3 is 5.11 Å². The predicted molar refractivity (Wildman–Crippen MR) is 47.6 cm³/mol. The fraction of sp³-hybridized carbons (Fsp3) is 0.250. The van der Waals surface area contributed by atoms with Crippen molar-refractivity contribution in [1.29, 1.82) is 0 Å². The second-order valence-electron chi connectivity index (χ2n) is 2.23. The quantitative estimate of drug-likeness (QED) is 0.681. The van der Waals surface area contributed by atoms with Gasteiger partial charge in [-0.2, -0.15) is 0 Å². The Balaban J connectivity index is 2.57. The first-order valence-corrected chi connectivity index (χ1v) is 3.83. The van der Waals surface area contributed by atoms with E-state index in [2.05, 4.69) is 17.2 Å². The van der Waals surface area contributed by atoms with Gasteiger partial charge in [-0.05, 0) is 12.1 Å². The van der Waals surface area contributed by atoms with E-state index >= 15 is 0 Å². The average Bonchev–Trinajstić information content (AvgIpc) is 2.06. The molecule has 1 atom stereocenters. The van der Waals surface area contributed by atoms with Crippen LogP contribution in [0.15, 0.2) is 24.4 Å². The summed E-state index contributed by atoms with van der Waals surface area (Å²) < 4.78 is 0. The van der Waals surface area contributed by atoms with Gasteiger partial charge in [0.2, 0.25) is 0 Å². The maximum Gasteiger partial charge on any atom is 0.0877 e. The van der Waals surface area contributed by atoms with Crippen LogP contribution in [-0.2, 0) is 6.42 Å². The number of rotatable bonds is 3. The molecule has 1 heterocycles. The molecule has 1 aromatic rings.